The molecule has 0 amide bonds. The predicted octanol–water partition coefficient (Wildman–Crippen LogP) is 2.18. The Bertz CT molecular complexity index is 255. The minimum absolute atomic E-state index is 0. The second-order valence-corrected chi connectivity index (χ2v) is 3.34. The van der Waals surface area contributed by atoms with Gasteiger partial charge in [-0.05, 0) is 40.3 Å². The smallest absolute Gasteiger partial charge is 0.132 e. The minimum Gasteiger partial charge on any atom is -0.496 e. The zero-order valence-corrected chi connectivity index (χ0v) is 9.68. The number of hydrogen-bond donors (Lipinski definition) is 1. The number of rotatable bonds is 2. The van der Waals surface area contributed by atoms with Gasteiger partial charge in [0.2, 0.25) is 0 Å². The molecule has 0 atom stereocenters. The zero-order chi connectivity index (χ0) is 8.27. The molecule has 12 heavy (non-hydrogen) atoms. The number of nitrogens with two attached hydrogens (primary N) is 1. The molecule has 2 N–H and O–H groups in total. The van der Waals surface area contributed by atoms with Gasteiger partial charge in [-0.25, -0.2) is 0 Å². The van der Waals surface area contributed by atoms with Crippen LogP contribution in [0, 0.1) is 3.57 Å². The van der Waals surface area contributed by atoms with Crippen molar-refractivity contribution >= 4 is 35.0 Å². The average molecular weight is 300 g/mol. The Hall–Kier alpha value is -0.0000000000000000555. The van der Waals surface area contributed by atoms with Crippen molar-refractivity contribution in [2.24, 2.45) is 5.73 Å². The van der Waals surface area contributed by atoms with Crippen LogP contribution in [0.1, 0.15) is 5.56 Å². The van der Waals surface area contributed by atoms with Gasteiger partial charge < -0.3 is 10.5 Å². The largest absolute Gasteiger partial charge is 0.496 e. The summed E-state index contributed by atoms with van der Waals surface area (Å²) in [6, 6.07) is 5.97. The molecule has 2 nitrogen and oxygen atoms in total. The van der Waals surface area contributed by atoms with E-state index >= 15 is 0 Å². The van der Waals surface area contributed by atoms with Gasteiger partial charge in [0.25, 0.3) is 0 Å². The maximum atomic E-state index is 5.47. The molecular weight excluding hydrogens is 288 g/mol. The first-order valence-electron chi connectivity index (χ1n) is 3.30. The van der Waals surface area contributed by atoms with Crippen LogP contribution in [0.25, 0.3) is 0 Å². The average Bonchev–Trinajstić information content (AvgIpc) is 2.05. The van der Waals surface area contributed by atoms with E-state index in [9.17, 15) is 0 Å². The molecule has 0 saturated heterocycles. The molecule has 0 aromatic heterocycles. The summed E-state index contributed by atoms with van der Waals surface area (Å²) in [5.41, 5.74) is 6.56. The lowest BCUT2D eigenvalue weighted by molar-refractivity contribution is 0.411. The second kappa shape index (κ2) is 5.61. The molecule has 0 bridgehead atoms. The molecule has 0 fully saturated rings. The molecule has 1 aromatic carbocycles. The van der Waals surface area contributed by atoms with Gasteiger partial charge in [-0.1, -0.05) is 6.07 Å². The highest BCUT2D eigenvalue weighted by Gasteiger charge is 1.98. The molecule has 1 aromatic rings. The van der Waals surface area contributed by atoms with E-state index < -0.39 is 0 Å². The zero-order valence-electron chi connectivity index (χ0n) is 6.71. The van der Waals surface area contributed by atoms with Crippen LogP contribution in [-0.2, 0) is 6.54 Å². The van der Waals surface area contributed by atoms with Crippen LogP contribution in [0.3, 0.4) is 0 Å². The molecule has 0 aliphatic rings. The lowest BCUT2D eigenvalue weighted by Gasteiger charge is -2.04. The fourth-order valence-corrected chi connectivity index (χ4v) is 1.39. The van der Waals surface area contributed by atoms with Gasteiger partial charge in [-0.2, -0.15) is 0 Å². The topological polar surface area (TPSA) is 35.2 Å². The maximum Gasteiger partial charge on any atom is 0.132 e. The summed E-state index contributed by atoms with van der Waals surface area (Å²) in [6.07, 6.45) is 0. The summed E-state index contributed by atoms with van der Waals surface area (Å²) >= 11 is 2.23. The van der Waals surface area contributed by atoms with Crippen molar-refractivity contribution in [3.8, 4) is 5.75 Å². The standard InChI is InChI=1S/C8H10INO.ClH/c1-11-8-4-6(5-10)2-3-7(8)9;/h2-4H,5,10H2,1H3;1H. The summed E-state index contributed by atoms with van der Waals surface area (Å²) in [7, 11) is 1.66. The van der Waals surface area contributed by atoms with Crippen LogP contribution >= 0.6 is 35.0 Å². The van der Waals surface area contributed by atoms with Crippen molar-refractivity contribution in [3.63, 3.8) is 0 Å². The third kappa shape index (κ3) is 2.80. The summed E-state index contributed by atoms with van der Waals surface area (Å²) in [4.78, 5) is 0. The highest BCUT2D eigenvalue weighted by atomic mass is 127. The highest BCUT2D eigenvalue weighted by Crippen LogP contribution is 2.21. The Morgan fingerprint density at radius 3 is 2.67 bits per heavy atom. The molecule has 0 aliphatic heterocycles. The third-order valence-corrected chi connectivity index (χ3v) is 2.34. The lowest BCUT2D eigenvalue weighted by atomic mass is 10.2. The normalized spacial score (nSPS) is 8.92. The number of methoxy groups -OCH3 is 1. The minimum atomic E-state index is 0. The van der Waals surface area contributed by atoms with Crippen molar-refractivity contribution in [1.29, 1.82) is 0 Å². The summed E-state index contributed by atoms with van der Waals surface area (Å²) in [5, 5.41) is 0. The molecule has 0 unspecified atom stereocenters. The fraction of sp³-hybridized carbons (Fsp3) is 0.250. The van der Waals surface area contributed by atoms with Crippen molar-refractivity contribution in [2.45, 2.75) is 6.54 Å². The number of benzene rings is 1. The number of halogens is 2. The van der Waals surface area contributed by atoms with E-state index in [1.54, 1.807) is 7.11 Å². The lowest BCUT2D eigenvalue weighted by Crippen LogP contribution is -1.97. The van der Waals surface area contributed by atoms with Crippen LogP contribution in [-0.4, -0.2) is 7.11 Å². The molecule has 0 aliphatic carbocycles. The molecule has 0 saturated carbocycles. The van der Waals surface area contributed by atoms with Crippen LogP contribution in [0.4, 0.5) is 0 Å². The third-order valence-electron chi connectivity index (χ3n) is 1.45. The van der Waals surface area contributed by atoms with E-state index in [1.807, 2.05) is 18.2 Å². The van der Waals surface area contributed by atoms with Gasteiger partial charge in [-0.3, -0.25) is 0 Å². The van der Waals surface area contributed by atoms with E-state index in [2.05, 4.69) is 22.6 Å². The van der Waals surface area contributed by atoms with Gasteiger partial charge in [-0.15, -0.1) is 12.4 Å². The SMILES string of the molecule is COc1cc(CN)ccc1I.Cl. The number of ether oxygens (including phenoxy) is 1. The van der Waals surface area contributed by atoms with E-state index in [0.717, 1.165) is 14.9 Å². The Kier molecular flexibility index (Phi) is 5.61. The van der Waals surface area contributed by atoms with Gasteiger partial charge >= 0.3 is 0 Å². The highest BCUT2D eigenvalue weighted by molar-refractivity contribution is 14.1. The second-order valence-electron chi connectivity index (χ2n) is 2.17. The Morgan fingerprint density at radius 2 is 2.17 bits per heavy atom. The Labute approximate surface area is 92.0 Å². The van der Waals surface area contributed by atoms with Crippen LogP contribution in [0.2, 0.25) is 0 Å². The van der Waals surface area contributed by atoms with Crippen LogP contribution < -0.4 is 10.5 Å². The van der Waals surface area contributed by atoms with Gasteiger partial charge in [0.1, 0.15) is 5.75 Å². The molecule has 0 spiro atoms. The maximum absolute atomic E-state index is 5.47. The fourth-order valence-electron chi connectivity index (χ4n) is 0.831. The first kappa shape index (κ1) is 12.0. The summed E-state index contributed by atoms with van der Waals surface area (Å²) < 4.78 is 6.24. The molecule has 0 radical (unpaired) electrons. The van der Waals surface area contributed by atoms with Crippen molar-refractivity contribution in [2.75, 3.05) is 7.11 Å². The van der Waals surface area contributed by atoms with Gasteiger partial charge in [0.05, 0.1) is 10.7 Å². The summed E-state index contributed by atoms with van der Waals surface area (Å²) in [5.74, 6) is 0.897. The van der Waals surface area contributed by atoms with E-state index in [1.165, 1.54) is 0 Å². The van der Waals surface area contributed by atoms with E-state index in [-0.39, 0.29) is 12.4 Å². The first-order chi connectivity index (χ1) is 5.27. The van der Waals surface area contributed by atoms with E-state index in [4.69, 9.17) is 10.5 Å². The van der Waals surface area contributed by atoms with E-state index in [0.29, 0.717) is 6.54 Å². The first-order valence-corrected chi connectivity index (χ1v) is 4.38. The van der Waals surface area contributed by atoms with Crippen molar-refractivity contribution in [1.82, 2.24) is 0 Å². The molecular formula is C8H11ClINO. The Balaban J connectivity index is 0.00000121. The quantitative estimate of drug-likeness (QED) is 0.850. The van der Waals surface area contributed by atoms with Gasteiger partial charge in [0.15, 0.2) is 0 Å². The predicted molar refractivity (Wildman–Crippen MR) is 60.9 cm³/mol. The monoisotopic (exact) mass is 299 g/mol. The summed E-state index contributed by atoms with van der Waals surface area (Å²) in [6.45, 7) is 0.563. The molecule has 68 valence electrons. The molecule has 0 heterocycles. The molecule has 1 rings (SSSR count). The van der Waals surface area contributed by atoms with Crippen LogP contribution in [0.5, 0.6) is 5.75 Å². The van der Waals surface area contributed by atoms with Crippen molar-refractivity contribution < 1.29 is 4.74 Å². The Morgan fingerprint density at radius 1 is 1.50 bits per heavy atom. The van der Waals surface area contributed by atoms with Crippen LogP contribution in [0.15, 0.2) is 18.2 Å². The number of hydrogen-bond acceptors (Lipinski definition) is 2. The van der Waals surface area contributed by atoms with Gasteiger partial charge in [0, 0.05) is 6.54 Å². The molecule has 4 heteroatoms. The van der Waals surface area contributed by atoms with Crippen molar-refractivity contribution in [3.05, 3.63) is 27.3 Å².